The highest BCUT2D eigenvalue weighted by Gasteiger charge is 2.44. The van der Waals surface area contributed by atoms with Crippen LogP contribution in [0.25, 0.3) is 0 Å². The first kappa shape index (κ1) is 13.5. The molecular weight excluding hydrogens is 258 g/mol. The molecule has 2 heterocycles. The number of nitrogens with zero attached hydrogens (tertiary/aromatic N) is 1. The average Bonchev–Trinajstić information content (AvgIpc) is 2.41. The number of benzene rings is 1. The Morgan fingerprint density at radius 1 is 1.50 bits per heavy atom. The Kier molecular flexibility index (Phi) is 3.50. The van der Waals surface area contributed by atoms with Crippen LogP contribution in [-0.2, 0) is 20.9 Å². The lowest BCUT2D eigenvalue weighted by molar-refractivity contribution is -0.174. The number of aliphatic carboxylic acids is 1. The van der Waals surface area contributed by atoms with Crippen molar-refractivity contribution in [1.29, 1.82) is 0 Å². The van der Waals surface area contributed by atoms with Crippen molar-refractivity contribution in [3.63, 3.8) is 0 Å². The summed E-state index contributed by atoms with van der Waals surface area (Å²) in [7, 11) is 0. The predicted molar refractivity (Wildman–Crippen MR) is 72.4 cm³/mol. The molecule has 1 aromatic carbocycles. The molecule has 1 saturated heterocycles. The highest BCUT2D eigenvalue weighted by Crippen LogP contribution is 2.36. The van der Waals surface area contributed by atoms with E-state index in [1.807, 2.05) is 13.0 Å². The van der Waals surface area contributed by atoms with E-state index in [1.165, 1.54) is 11.1 Å². The fraction of sp³-hybridized carbons (Fsp3) is 0.533. The van der Waals surface area contributed by atoms with E-state index in [4.69, 9.17) is 14.6 Å². The van der Waals surface area contributed by atoms with Gasteiger partial charge in [0.05, 0.1) is 24.9 Å². The molecule has 1 atom stereocenters. The zero-order valence-electron chi connectivity index (χ0n) is 11.5. The minimum Gasteiger partial charge on any atom is -0.480 e. The van der Waals surface area contributed by atoms with Crippen LogP contribution in [0.2, 0.25) is 0 Å². The molecule has 3 rings (SSSR count). The molecule has 5 nitrogen and oxygen atoms in total. The second kappa shape index (κ2) is 5.16. The molecule has 0 aromatic heterocycles. The zero-order chi connectivity index (χ0) is 14.2. The maximum atomic E-state index is 10.6. The summed E-state index contributed by atoms with van der Waals surface area (Å²) in [4.78, 5) is 12.9. The standard InChI is InChI=1S/C15H19NO4/c1-15(20-8-14(17)18)9-16(10-15)13-7-19-6-11-4-2-3-5-12(11)13/h2-5,13H,6-10H2,1H3,(H,17,18). The molecule has 0 saturated carbocycles. The maximum absolute atomic E-state index is 10.6. The third kappa shape index (κ3) is 2.57. The van der Waals surface area contributed by atoms with Gasteiger partial charge in [0.1, 0.15) is 6.61 Å². The first-order valence-corrected chi connectivity index (χ1v) is 6.83. The summed E-state index contributed by atoms with van der Waals surface area (Å²) in [6.45, 7) is 4.56. The minimum atomic E-state index is -0.920. The number of hydrogen-bond acceptors (Lipinski definition) is 4. The second-order valence-corrected chi connectivity index (χ2v) is 5.77. The lowest BCUT2D eigenvalue weighted by atomic mass is 9.89. The monoisotopic (exact) mass is 277 g/mol. The Morgan fingerprint density at radius 2 is 2.25 bits per heavy atom. The highest BCUT2D eigenvalue weighted by molar-refractivity contribution is 5.68. The summed E-state index contributed by atoms with van der Waals surface area (Å²) in [5.74, 6) is -0.920. The van der Waals surface area contributed by atoms with E-state index in [9.17, 15) is 4.79 Å². The Hall–Kier alpha value is -1.43. The third-order valence-corrected chi connectivity index (χ3v) is 4.01. The van der Waals surface area contributed by atoms with Gasteiger partial charge in [0.15, 0.2) is 0 Å². The normalized spacial score (nSPS) is 24.8. The topological polar surface area (TPSA) is 59.0 Å². The van der Waals surface area contributed by atoms with Crippen LogP contribution < -0.4 is 0 Å². The van der Waals surface area contributed by atoms with Crippen molar-refractivity contribution in [2.24, 2.45) is 0 Å². The van der Waals surface area contributed by atoms with Crippen molar-refractivity contribution in [2.75, 3.05) is 26.3 Å². The van der Waals surface area contributed by atoms with Gasteiger partial charge in [-0.3, -0.25) is 4.90 Å². The SMILES string of the molecule is CC1(OCC(=O)O)CN(C2COCc3ccccc32)C1. The molecule has 0 amide bonds. The highest BCUT2D eigenvalue weighted by atomic mass is 16.5. The Morgan fingerprint density at radius 3 is 3.00 bits per heavy atom. The average molecular weight is 277 g/mol. The van der Waals surface area contributed by atoms with Gasteiger partial charge in [-0.15, -0.1) is 0 Å². The summed E-state index contributed by atoms with van der Waals surface area (Å²) >= 11 is 0. The van der Waals surface area contributed by atoms with Crippen LogP contribution in [0.4, 0.5) is 0 Å². The fourth-order valence-corrected chi connectivity index (χ4v) is 3.02. The number of fused-ring (bicyclic) bond motifs is 1. The zero-order valence-corrected chi connectivity index (χ0v) is 11.5. The van der Waals surface area contributed by atoms with Gasteiger partial charge in [-0.2, -0.15) is 0 Å². The van der Waals surface area contributed by atoms with Gasteiger partial charge in [-0.1, -0.05) is 24.3 Å². The largest absolute Gasteiger partial charge is 0.480 e. The van der Waals surface area contributed by atoms with Gasteiger partial charge in [0, 0.05) is 13.1 Å². The van der Waals surface area contributed by atoms with E-state index in [0.29, 0.717) is 13.2 Å². The Labute approximate surface area is 118 Å². The van der Waals surface area contributed by atoms with Gasteiger partial charge in [0.25, 0.3) is 0 Å². The van der Waals surface area contributed by atoms with Crippen LogP contribution in [0.1, 0.15) is 24.1 Å². The fourth-order valence-electron chi connectivity index (χ4n) is 3.02. The number of carboxylic acid groups (broad SMARTS) is 1. The molecule has 1 unspecified atom stereocenters. The molecule has 1 aromatic rings. The van der Waals surface area contributed by atoms with Crippen molar-refractivity contribution >= 4 is 5.97 Å². The van der Waals surface area contributed by atoms with E-state index in [1.54, 1.807) is 0 Å². The van der Waals surface area contributed by atoms with Gasteiger partial charge >= 0.3 is 5.97 Å². The van der Waals surface area contributed by atoms with Crippen molar-refractivity contribution < 1.29 is 19.4 Å². The van der Waals surface area contributed by atoms with Gasteiger partial charge in [-0.05, 0) is 18.1 Å². The number of ether oxygens (including phenoxy) is 2. The number of rotatable bonds is 4. The van der Waals surface area contributed by atoms with E-state index in [-0.39, 0.29) is 18.2 Å². The summed E-state index contributed by atoms with van der Waals surface area (Å²) in [6, 6.07) is 8.58. The quantitative estimate of drug-likeness (QED) is 0.902. The van der Waals surface area contributed by atoms with E-state index in [0.717, 1.165) is 13.1 Å². The summed E-state index contributed by atoms with van der Waals surface area (Å²) in [6.07, 6.45) is 0. The number of hydrogen-bond donors (Lipinski definition) is 1. The van der Waals surface area contributed by atoms with Gasteiger partial charge < -0.3 is 14.6 Å². The molecule has 0 spiro atoms. The minimum absolute atomic E-state index is 0.234. The van der Waals surface area contributed by atoms with Crippen LogP contribution in [-0.4, -0.2) is 47.9 Å². The van der Waals surface area contributed by atoms with Crippen LogP contribution in [0.5, 0.6) is 0 Å². The molecule has 2 aliphatic rings. The van der Waals surface area contributed by atoms with Crippen molar-refractivity contribution in [1.82, 2.24) is 4.90 Å². The van der Waals surface area contributed by atoms with Crippen LogP contribution in [0.15, 0.2) is 24.3 Å². The second-order valence-electron chi connectivity index (χ2n) is 5.77. The maximum Gasteiger partial charge on any atom is 0.329 e. The van der Waals surface area contributed by atoms with E-state index in [2.05, 4.69) is 23.1 Å². The molecule has 0 radical (unpaired) electrons. The van der Waals surface area contributed by atoms with Gasteiger partial charge in [-0.25, -0.2) is 4.79 Å². The van der Waals surface area contributed by atoms with Crippen molar-refractivity contribution in [2.45, 2.75) is 25.2 Å². The molecule has 0 bridgehead atoms. The Bertz CT molecular complexity index is 510. The molecule has 2 aliphatic heterocycles. The summed E-state index contributed by atoms with van der Waals surface area (Å²) in [5, 5.41) is 8.68. The number of carboxylic acids is 1. The van der Waals surface area contributed by atoms with Crippen molar-refractivity contribution in [3.8, 4) is 0 Å². The molecule has 20 heavy (non-hydrogen) atoms. The number of likely N-dealkylation sites (tertiary alicyclic amines) is 1. The molecule has 5 heteroatoms. The first-order chi connectivity index (χ1) is 9.57. The lowest BCUT2D eigenvalue weighted by Crippen LogP contribution is -2.63. The van der Waals surface area contributed by atoms with E-state index < -0.39 is 5.97 Å². The summed E-state index contributed by atoms with van der Waals surface area (Å²) in [5.41, 5.74) is 2.20. The van der Waals surface area contributed by atoms with Crippen LogP contribution in [0.3, 0.4) is 0 Å². The smallest absolute Gasteiger partial charge is 0.329 e. The third-order valence-electron chi connectivity index (χ3n) is 4.01. The van der Waals surface area contributed by atoms with Crippen LogP contribution >= 0.6 is 0 Å². The van der Waals surface area contributed by atoms with E-state index >= 15 is 0 Å². The lowest BCUT2D eigenvalue weighted by Gasteiger charge is -2.51. The van der Waals surface area contributed by atoms with Gasteiger partial charge in [0.2, 0.25) is 0 Å². The molecule has 0 aliphatic carbocycles. The number of carbonyl (C=O) groups is 1. The summed E-state index contributed by atoms with van der Waals surface area (Å²) < 4.78 is 11.1. The molecule has 1 N–H and O–H groups in total. The molecular formula is C15H19NO4. The molecule has 108 valence electrons. The van der Waals surface area contributed by atoms with Crippen molar-refractivity contribution in [3.05, 3.63) is 35.4 Å². The molecule has 1 fully saturated rings. The van der Waals surface area contributed by atoms with Crippen LogP contribution in [0, 0.1) is 0 Å². The Balaban J connectivity index is 1.65. The first-order valence-electron chi connectivity index (χ1n) is 6.83. The predicted octanol–water partition coefficient (Wildman–Crippen LogP) is 1.43.